The molecule has 0 unspecified atom stereocenters. The van der Waals surface area contributed by atoms with E-state index in [4.69, 9.17) is 9.47 Å². The molecule has 1 saturated heterocycles. The maximum Gasteiger partial charge on any atom is 0.220 e. The Morgan fingerprint density at radius 1 is 1.19 bits per heavy atom. The second-order valence-corrected chi connectivity index (χ2v) is 8.27. The first-order valence-electron chi connectivity index (χ1n) is 10.5. The number of hydrogen-bond acceptors (Lipinski definition) is 4. The van der Waals surface area contributed by atoms with Crippen LogP contribution in [0.1, 0.15) is 45.1 Å². The molecular formula is C22H34N2O3. The zero-order chi connectivity index (χ0) is 19.1. The van der Waals surface area contributed by atoms with Gasteiger partial charge in [0.25, 0.3) is 0 Å². The van der Waals surface area contributed by atoms with Crippen molar-refractivity contribution in [2.45, 2.75) is 46.0 Å². The average Bonchev–Trinajstić information content (AvgIpc) is 2.67. The van der Waals surface area contributed by atoms with Gasteiger partial charge in [0.05, 0.1) is 0 Å². The topological polar surface area (TPSA) is 50.8 Å². The summed E-state index contributed by atoms with van der Waals surface area (Å²) in [7, 11) is 0. The Labute approximate surface area is 163 Å². The van der Waals surface area contributed by atoms with Crippen LogP contribution in [0.4, 0.5) is 0 Å². The number of nitrogens with zero attached hydrogens (tertiary/aromatic N) is 1. The minimum atomic E-state index is 0.178. The molecule has 2 aliphatic heterocycles. The van der Waals surface area contributed by atoms with Gasteiger partial charge in [-0.2, -0.15) is 0 Å². The Morgan fingerprint density at radius 2 is 1.93 bits per heavy atom. The third-order valence-electron chi connectivity index (χ3n) is 5.39. The van der Waals surface area contributed by atoms with Gasteiger partial charge in [0.1, 0.15) is 13.2 Å². The number of fused-ring (bicyclic) bond motifs is 1. The highest BCUT2D eigenvalue weighted by Gasteiger charge is 2.20. The summed E-state index contributed by atoms with van der Waals surface area (Å²) in [6.07, 6.45) is 4.73. The van der Waals surface area contributed by atoms with Crippen LogP contribution < -0.4 is 14.8 Å². The van der Waals surface area contributed by atoms with Crippen molar-refractivity contribution in [2.75, 3.05) is 39.4 Å². The number of likely N-dealkylation sites (tertiary alicyclic amines) is 1. The minimum absolute atomic E-state index is 0.178. The number of benzene rings is 1. The van der Waals surface area contributed by atoms with Crippen LogP contribution in [0.25, 0.3) is 0 Å². The van der Waals surface area contributed by atoms with Crippen LogP contribution in [0.2, 0.25) is 0 Å². The average molecular weight is 375 g/mol. The summed E-state index contributed by atoms with van der Waals surface area (Å²) in [5.74, 6) is 3.19. The summed E-state index contributed by atoms with van der Waals surface area (Å²) in [6, 6.07) is 6.07. The fourth-order valence-electron chi connectivity index (χ4n) is 3.93. The van der Waals surface area contributed by atoms with Gasteiger partial charge in [-0.05, 0) is 68.3 Å². The first kappa shape index (κ1) is 20.0. The van der Waals surface area contributed by atoms with Gasteiger partial charge in [-0.25, -0.2) is 0 Å². The predicted octanol–water partition coefficient (Wildman–Crippen LogP) is 3.26. The minimum Gasteiger partial charge on any atom is -0.486 e. The lowest BCUT2D eigenvalue weighted by molar-refractivity contribution is -0.121. The van der Waals surface area contributed by atoms with E-state index >= 15 is 0 Å². The van der Waals surface area contributed by atoms with E-state index in [0.717, 1.165) is 36.8 Å². The maximum absolute atomic E-state index is 12.2. The number of piperidine rings is 1. The Balaban J connectivity index is 1.30. The molecule has 1 amide bonds. The second-order valence-electron chi connectivity index (χ2n) is 8.27. The summed E-state index contributed by atoms with van der Waals surface area (Å²) < 4.78 is 11.2. The summed E-state index contributed by atoms with van der Waals surface area (Å²) in [4.78, 5) is 14.7. The number of carbonyl (C=O) groups excluding carboxylic acids is 1. The van der Waals surface area contributed by atoms with E-state index in [0.29, 0.717) is 25.6 Å². The van der Waals surface area contributed by atoms with Gasteiger partial charge >= 0.3 is 0 Å². The molecule has 1 aromatic rings. The van der Waals surface area contributed by atoms with Gasteiger partial charge in [-0.3, -0.25) is 4.79 Å². The molecule has 27 heavy (non-hydrogen) atoms. The highest BCUT2D eigenvalue weighted by molar-refractivity contribution is 5.75. The molecule has 5 heteroatoms. The normalized spacial score (nSPS) is 17.9. The van der Waals surface area contributed by atoms with Gasteiger partial charge in [-0.15, -0.1) is 0 Å². The number of carbonyl (C=O) groups is 1. The lowest BCUT2D eigenvalue weighted by Gasteiger charge is -2.33. The molecule has 0 saturated carbocycles. The van der Waals surface area contributed by atoms with Gasteiger partial charge in [0, 0.05) is 19.5 Å². The third kappa shape index (κ3) is 6.42. The van der Waals surface area contributed by atoms with Crippen molar-refractivity contribution in [1.82, 2.24) is 10.2 Å². The van der Waals surface area contributed by atoms with Crippen molar-refractivity contribution in [3.63, 3.8) is 0 Å². The second kappa shape index (κ2) is 9.98. The maximum atomic E-state index is 12.2. The van der Waals surface area contributed by atoms with Crippen molar-refractivity contribution >= 4 is 5.91 Å². The quantitative estimate of drug-likeness (QED) is 0.759. The van der Waals surface area contributed by atoms with E-state index in [1.165, 1.54) is 38.0 Å². The van der Waals surface area contributed by atoms with E-state index in [9.17, 15) is 4.79 Å². The molecule has 1 N–H and O–H groups in total. The largest absolute Gasteiger partial charge is 0.486 e. The molecule has 0 aliphatic carbocycles. The van der Waals surface area contributed by atoms with Crippen molar-refractivity contribution < 1.29 is 14.3 Å². The van der Waals surface area contributed by atoms with Crippen LogP contribution in [0.15, 0.2) is 18.2 Å². The number of amides is 1. The summed E-state index contributed by atoms with van der Waals surface area (Å²) in [5.41, 5.74) is 1.20. The van der Waals surface area contributed by atoms with Crippen LogP contribution >= 0.6 is 0 Å². The number of ether oxygens (including phenoxy) is 2. The molecule has 2 heterocycles. The van der Waals surface area contributed by atoms with Crippen molar-refractivity contribution in [1.29, 1.82) is 0 Å². The molecule has 0 spiro atoms. The van der Waals surface area contributed by atoms with Gasteiger partial charge in [0.15, 0.2) is 11.5 Å². The van der Waals surface area contributed by atoms with Crippen LogP contribution in [-0.4, -0.2) is 50.2 Å². The molecule has 3 rings (SSSR count). The molecule has 0 bridgehead atoms. The first-order valence-corrected chi connectivity index (χ1v) is 10.5. The fraction of sp³-hybridized carbons (Fsp3) is 0.682. The fourth-order valence-corrected chi connectivity index (χ4v) is 3.93. The third-order valence-corrected chi connectivity index (χ3v) is 5.39. The zero-order valence-electron chi connectivity index (χ0n) is 16.8. The summed E-state index contributed by atoms with van der Waals surface area (Å²) in [5, 5.41) is 3.14. The Bertz CT molecular complexity index is 610. The van der Waals surface area contributed by atoms with Crippen LogP contribution in [0.5, 0.6) is 11.5 Å². The molecule has 2 aliphatic rings. The van der Waals surface area contributed by atoms with Crippen molar-refractivity contribution in [3.8, 4) is 11.5 Å². The molecular weight excluding hydrogens is 340 g/mol. The van der Waals surface area contributed by atoms with E-state index in [-0.39, 0.29) is 5.91 Å². The highest BCUT2D eigenvalue weighted by atomic mass is 16.6. The number of nitrogens with one attached hydrogen (secondary N) is 1. The Hall–Kier alpha value is -1.75. The van der Waals surface area contributed by atoms with Crippen LogP contribution in [0.3, 0.4) is 0 Å². The number of rotatable bonds is 8. The smallest absolute Gasteiger partial charge is 0.220 e. The standard InChI is InChI=1S/C22H34N2O3/c1-17(2)16-24-10-8-19(9-11-24)15-23-22(25)5-3-4-18-6-7-20-21(14-18)27-13-12-26-20/h6-7,14,17,19H,3-5,8-13,15-16H2,1-2H3,(H,23,25). The monoisotopic (exact) mass is 374 g/mol. The molecule has 150 valence electrons. The first-order chi connectivity index (χ1) is 13.1. The Kier molecular flexibility index (Phi) is 7.39. The molecule has 1 aromatic carbocycles. The van der Waals surface area contributed by atoms with E-state index < -0.39 is 0 Å². The van der Waals surface area contributed by atoms with E-state index in [1.54, 1.807) is 0 Å². The zero-order valence-corrected chi connectivity index (χ0v) is 16.8. The number of hydrogen-bond donors (Lipinski definition) is 1. The van der Waals surface area contributed by atoms with E-state index in [2.05, 4.69) is 30.1 Å². The van der Waals surface area contributed by atoms with E-state index in [1.807, 2.05) is 12.1 Å². The van der Waals surface area contributed by atoms with Gasteiger partial charge < -0.3 is 19.7 Å². The molecule has 1 fully saturated rings. The summed E-state index contributed by atoms with van der Waals surface area (Å²) >= 11 is 0. The lowest BCUT2D eigenvalue weighted by atomic mass is 9.96. The molecule has 0 radical (unpaired) electrons. The predicted molar refractivity (Wildman–Crippen MR) is 107 cm³/mol. The highest BCUT2D eigenvalue weighted by Crippen LogP contribution is 2.31. The van der Waals surface area contributed by atoms with Gasteiger partial charge in [-0.1, -0.05) is 19.9 Å². The molecule has 0 aromatic heterocycles. The SMILES string of the molecule is CC(C)CN1CCC(CNC(=O)CCCc2ccc3c(c2)OCCO3)CC1. The van der Waals surface area contributed by atoms with Crippen molar-refractivity contribution in [2.24, 2.45) is 11.8 Å². The lowest BCUT2D eigenvalue weighted by Crippen LogP contribution is -2.40. The van der Waals surface area contributed by atoms with Crippen LogP contribution in [0, 0.1) is 11.8 Å². The molecule has 5 nitrogen and oxygen atoms in total. The molecule has 0 atom stereocenters. The van der Waals surface area contributed by atoms with Crippen molar-refractivity contribution in [3.05, 3.63) is 23.8 Å². The summed E-state index contributed by atoms with van der Waals surface area (Å²) in [6.45, 7) is 10.1. The van der Waals surface area contributed by atoms with Crippen LogP contribution in [-0.2, 0) is 11.2 Å². The number of aryl methyl sites for hydroxylation is 1. The van der Waals surface area contributed by atoms with Gasteiger partial charge in [0.2, 0.25) is 5.91 Å². The Morgan fingerprint density at radius 3 is 2.67 bits per heavy atom.